The fraction of sp³-hybridized carbons (Fsp3) is 0.300. The highest BCUT2D eigenvalue weighted by molar-refractivity contribution is 6.33. The number of nitrogen functional groups attached to an aromatic ring is 1. The Kier molecular flexibility index (Phi) is 2.68. The molecule has 3 N–H and O–H groups in total. The molecule has 5 heteroatoms. The maximum atomic E-state index is 11.2. The summed E-state index contributed by atoms with van der Waals surface area (Å²) < 4.78 is 0. The van der Waals surface area contributed by atoms with Gasteiger partial charge in [-0.2, -0.15) is 0 Å². The fourth-order valence-corrected chi connectivity index (χ4v) is 1.82. The third-order valence-corrected chi connectivity index (χ3v) is 2.74. The summed E-state index contributed by atoms with van der Waals surface area (Å²) in [5, 5.41) is 3.29. The first-order valence-electron chi connectivity index (χ1n) is 4.74. The van der Waals surface area contributed by atoms with E-state index < -0.39 is 0 Å². The van der Waals surface area contributed by atoms with E-state index in [0.29, 0.717) is 23.8 Å². The largest absolute Gasteiger partial charge is 0.396 e. The lowest BCUT2D eigenvalue weighted by Gasteiger charge is -2.29. The fourth-order valence-electron chi connectivity index (χ4n) is 1.65. The van der Waals surface area contributed by atoms with Gasteiger partial charge >= 0.3 is 0 Å². The van der Waals surface area contributed by atoms with Crippen molar-refractivity contribution in [3.63, 3.8) is 0 Å². The normalized spacial score (nSPS) is 16.3. The molecule has 1 aromatic rings. The van der Waals surface area contributed by atoms with Gasteiger partial charge in [0.05, 0.1) is 22.9 Å². The van der Waals surface area contributed by atoms with E-state index in [-0.39, 0.29) is 5.91 Å². The summed E-state index contributed by atoms with van der Waals surface area (Å²) in [5.41, 5.74) is 7.22. The number of halogens is 1. The minimum absolute atomic E-state index is 0.0145. The lowest BCUT2D eigenvalue weighted by atomic mass is 10.2. The highest BCUT2D eigenvalue weighted by atomic mass is 35.5. The Hall–Kier alpha value is -1.42. The number of nitrogens with one attached hydrogen (secondary N) is 1. The number of nitrogens with two attached hydrogens (primary N) is 1. The topological polar surface area (TPSA) is 58.4 Å². The second kappa shape index (κ2) is 3.98. The van der Waals surface area contributed by atoms with Crippen molar-refractivity contribution in [2.75, 3.05) is 30.3 Å². The quantitative estimate of drug-likeness (QED) is 0.697. The summed E-state index contributed by atoms with van der Waals surface area (Å²) in [7, 11) is 0. The number of amides is 1. The number of nitrogens with zero attached hydrogens (tertiary/aromatic N) is 1. The van der Waals surface area contributed by atoms with Crippen molar-refractivity contribution in [1.29, 1.82) is 0 Å². The molecule has 1 saturated heterocycles. The molecule has 0 aliphatic carbocycles. The van der Waals surface area contributed by atoms with Crippen molar-refractivity contribution in [2.45, 2.75) is 0 Å². The van der Waals surface area contributed by atoms with Crippen LogP contribution in [0.5, 0.6) is 0 Å². The molecule has 1 heterocycles. The van der Waals surface area contributed by atoms with E-state index in [1.54, 1.807) is 6.07 Å². The average Bonchev–Trinajstić information content (AvgIpc) is 2.22. The average molecular weight is 226 g/mol. The standard InChI is InChI=1S/C10H12ClN3O/c11-7-2-1-3-8(10(7)12)14-5-4-13-9(15)6-14/h1-3H,4-6,12H2,(H,13,15). The monoisotopic (exact) mass is 225 g/mol. The van der Waals surface area contributed by atoms with E-state index in [1.807, 2.05) is 17.0 Å². The van der Waals surface area contributed by atoms with Crippen LogP contribution in [-0.2, 0) is 4.79 Å². The molecular formula is C10H12ClN3O. The number of anilines is 2. The molecule has 1 fully saturated rings. The predicted molar refractivity (Wildman–Crippen MR) is 61.1 cm³/mol. The van der Waals surface area contributed by atoms with Gasteiger partial charge in [0.2, 0.25) is 5.91 Å². The van der Waals surface area contributed by atoms with Gasteiger partial charge < -0.3 is 16.0 Å². The van der Waals surface area contributed by atoms with Gasteiger partial charge in [-0.05, 0) is 12.1 Å². The summed E-state index contributed by atoms with van der Waals surface area (Å²) in [6.45, 7) is 1.74. The molecule has 1 aliphatic rings. The number of carbonyl (C=O) groups is 1. The summed E-state index contributed by atoms with van der Waals surface area (Å²) >= 11 is 5.92. The zero-order valence-corrected chi connectivity index (χ0v) is 8.92. The number of benzene rings is 1. The van der Waals surface area contributed by atoms with Crippen LogP contribution in [0.4, 0.5) is 11.4 Å². The number of piperazine rings is 1. The summed E-state index contributed by atoms with van der Waals surface area (Å²) in [4.78, 5) is 13.1. The SMILES string of the molecule is Nc1c(Cl)cccc1N1CCNC(=O)C1. The van der Waals surface area contributed by atoms with Crippen molar-refractivity contribution in [3.05, 3.63) is 23.2 Å². The molecule has 80 valence electrons. The molecule has 4 nitrogen and oxygen atoms in total. The van der Waals surface area contributed by atoms with Crippen LogP contribution >= 0.6 is 11.6 Å². The highest BCUT2D eigenvalue weighted by Crippen LogP contribution is 2.30. The van der Waals surface area contributed by atoms with Gasteiger partial charge in [-0.3, -0.25) is 4.79 Å². The lowest BCUT2D eigenvalue weighted by Crippen LogP contribution is -2.47. The number of para-hydroxylation sites is 1. The summed E-state index contributed by atoms with van der Waals surface area (Å²) in [6, 6.07) is 5.45. The Morgan fingerprint density at radius 3 is 3.00 bits per heavy atom. The van der Waals surface area contributed by atoms with Crippen LogP contribution < -0.4 is 16.0 Å². The minimum atomic E-state index is 0.0145. The molecule has 0 radical (unpaired) electrons. The molecule has 0 bridgehead atoms. The Morgan fingerprint density at radius 2 is 2.27 bits per heavy atom. The van der Waals surface area contributed by atoms with Crippen LogP contribution in [0.1, 0.15) is 0 Å². The summed E-state index contributed by atoms with van der Waals surface area (Å²) in [6.07, 6.45) is 0. The lowest BCUT2D eigenvalue weighted by molar-refractivity contribution is -0.120. The predicted octanol–water partition coefficient (Wildman–Crippen LogP) is 0.858. The molecule has 0 atom stereocenters. The molecule has 2 rings (SSSR count). The highest BCUT2D eigenvalue weighted by Gasteiger charge is 2.18. The molecule has 1 amide bonds. The van der Waals surface area contributed by atoms with Crippen molar-refractivity contribution >= 4 is 28.9 Å². The minimum Gasteiger partial charge on any atom is -0.396 e. The summed E-state index contributed by atoms with van der Waals surface area (Å²) in [5.74, 6) is 0.0145. The maximum Gasteiger partial charge on any atom is 0.239 e. The van der Waals surface area contributed by atoms with Gasteiger partial charge in [0.1, 0.15) is 0 Å². The van der Waals surface area contributed by atoms with Gasteiger partial charge in [-0.1, -0.05) is 17.7 Å². The number of rotatable bonds is 1. The van der Waals surface area contributed by atoms with Crippen LogP contribution in [0, 0.1) is 0 Å². The van der Waals surface area contributed by atoms with E-state index in [2.05, 4.69) is 5.32 Å². The Balaban J connectivity index is 2.28. The maximum absolute atomic E-state index is 11.2. The van der Waals surface area contributed by atoms with Crippen LogP contribution in [0.3, 0.4) is 0 Å². The Morgan fingerprint density at radius 1 is 1.47 bits per heavy atom. The van der Waals surface area contributed by atoms with Crippen LogP contribution in [0.2, 0.25) is 5.02 Å². The number of carbonyl (C=O) groups excluding carboxylic acids is 1. The van der Waals surface area contributed by atoms with Gasteiger partial charge in [0, 0.05) is 13.1 Å². The van der Waals surface area contributed by atoms with Crippen molar-refractivity contribution in [3.8, 4) is 0 Å². The number of hydrogen-bond acceptors (Lipinski definition) is 3. The molecule has 0 saturated carbocycles. The zero-order valence-electron chi connectivity index (χ0n) is 8.16. The van der Waals surface area contributed by atoms with Gasteiger partial charge in [-0.15, -0.1) is 0 Å². The Bertz CT molecular complexity index is 394. The second-order valence-corrected chi connectivity index (χ2v) is 3.85. The van der Waals surface area contributed by atoms with E-state index in [0.717, 1.165) is 12.2 Å². The molecule has 15 heavy (non-hydrogen) atoms. The van der Waals surface area contributed by atoms with Crippen LogP contribution in [0.25, 0.3) is 0 Å². The molecule has 0 aromatic heterocycles. The third-order valence-electron chi connectivity index (χ3n) is 2.41. The molecular weight excluding hydrogens is 214 g/mol. The first-order valence-corrected chi connectivity index (χ1v) is 5.12. The molecule has 0 spiro atoms. The molecule has 1 aliphatic heterocycles. The first-order chi connectivity index (χ1) is 7.18. The van der Waals surface area contributed by atoms with Crippen LogP contribution in [0.15, 0.2) is 18.2 Å². The second-order valence-electron chi connectivity index (χ2n) is 3.44. The number of hydrogen-bond donors (Lipinski definition) is 2. The van der Waals surface area contributed by atoms with Crippen molar-refractivity contribution in [1.82, 2.24) is 5.32 Å². The van der Waals surface area contributed by atoms with Gasteiger partial charge in [-0.25, -0.2) is 0 Å². The van der Waals surface area contributed by atoms with E-state index in [9.17, 15) is 4.79 Å². The zero-order chi connectivity index (χ0) is 10.8. The van der Waals surface area contributed by atoms with Gasteiger partial charge in [0.15, 0.2) is 0 Å². The van der Waals surface area contributed by atoms with E-state index >= 15 is 0 Å². The Labute approximate surface area is 93.0 Å². The molecule has 0 unspecified atom stereocenters. The first kappa shape index (κ1) is 10.1. The van der Waals surface area contributed by atoms with Gasteiger partial charge in [0.25, 0.3) is 0 Å². The van der Waals surface area contributed by atoms with Crippen LogP contribution in [-0.4, -0.2) is 25.5 Å². The van der Waals surface area contributed by atoms with E-state index in [4.69, 9.17) is 17.3 Å². The van der Waals surface area contributed by atoms with E-state index in [1.165, 1.54) is 0 Å². The smallest absolute Gasteiger partial charge is 0.239 e. The van der Waals surface area contributed by atoms with Crippen molar-refractivity contribution in [2.24, 2.45) is 0 Å². The van der Waals surface area contributed by atoms with Crippen molar-refractivity contribution < 1.29 is 4.79 Å². The molecule has 1 aromatic carbocycles. The third kappa shape index (κ3) is 1.99.